The molecule has 1 amide bonds. The number of benzene rings is 2. The molecule has 0 unspecified atom stereocenters. The maximum absolute atomic E-state index is 13.2. The van der Waals surface area contributed by atoms with Crippen molar-refractivity contribution in [2.75, 3.05) is 24.3 Å². The van der Waals surface area contributed by atoms with Gasteiger partial charge in [-0.2, -0.15) is 4.72 Å². The smallest absolute Gasteiger partial charge is 0.244 e. The van der Waals surface area contributed by atoms with Crippen LogP contribution in [0.5, 0.6) is 0 Å². The standard InChI is InChI=1S/C26H35N5O3S2/c1-8-17(2)22(30-36(33,34)21-15-11-19(12-16-21)26(3,4)5)23(32)27-25-29-28-24(35-25)18-9-13-20(14-10-18)31(6)7/h9-17,22,30H,8H2,1-7H3,(H,27,29,32)/t17-,22-/m0/s1. The Morgan fingerprint density at radius 2 is 1.64 bits per heavy atom. The van der Waals surface area contributed by atoms with Crippen LogP contribution >= 0.6 is 11.3 Å². The largest absolute Gasteiger partial charge is 0.378 e. The summed E-state index contributed by atoms with van der Waals surface area (Å²) in [6.45, 7) is 9.95. The summed E-state index contributed by atoms with van der Waals surface area (Å²) in [7, 11) is 0.0269. The molecule has 36 heavy (non-hydrogen) atoms. The number of hydrogen-bond acceptors (Lipinski definition) is 7. The second kappa shape index (κ2) is 11.1. The highest BCUT2D eigenvalue weighted by Crippen LogP contribution is 2.28. The van der Waals surface area contributed by atoms with Crippen LogP contribution in [0.2, 0.25) is 0 Å². The second-order valence-electron chi connectivity index (χ2n) is 10.1. The van der Waals surface area contributed by atoms with Crippen molar-refractivity contribution >= 4 is 38.1 Å². The van der Waals surface area contributed by atoms with Crippen LogP contribution in [0.3, 0.4) is 0 Å². The number of carbonyl (C=O) groups is 1. The first-order valence-electron chi connectivity index (χ1n) is 11.9. The summed E-state index contributed by atoms with van der Waals surface area (Å²) in [6.07, 6.45) is 0.614. The van der Waals surface area contributed by atoms with Crippen molar-refractivity contribution in [3.8, 4) is 10.6 Å². The van der Waals surface area contributed by atoms with E-state index in [-0.39, 0.29) is 16.2 Å². The lowest BCUT2D eigenvalue weighted by atomic mass is 9.87. The highest BCUT2D eigenvalue weighted by Gasteiger charge is 2.30. The normalized spacial score (nSPS) is 13.8. The van der Waals surface area contributed by atoms with Crippen molar-refractivity contribution in [1.82, 2.24) is 14.9 Å². The lowest BCUT2D eigenvalue weighted by Gasteiger charge is -2.23. The first-order valence-corrected chi connectivity index (χ1v) is 14.2. The van der Waals surface area contributed by atoms with Gasteiger partial charge < -0.3 is 4.90 Å². The Labute approximate surface area is 218 Å². The van der Waals surface area contributed by atoms with Crippen molar-refractivity contribution in [3.05, 3.63) is 54.1 Å². The zero-order valence-electron chi connectivity index (χ0n) is 21.9. The number of amides is 1. The molecule has 0 saturated carbocycles. The van der Waals surface area contributed by atoms with Gasteiger partial charge in [-0.25, -0.2) is 8.42 Å². The average Bonchev–Trinajstić information content (AvgIpc) is 3.30. The van der Waals surface area contributed by atoms with E-state index in [1.54, 1.807) is 24.3 Å². The number of nitrogens with zero attached hydrogens (tertiary/aromatic N) is 3. The minimum atomic E-state index is -3.91. The lowest BCUT2D eigenvalue weighted by Crippen LogP contribution is -2.47. The molecule has 0 fully saturated rings. The van der Waals surface area contributed by atoms with E-state index in [0.717, 1.165) is 16.8 Å². The Hall–Kier alpha value is -2.82. The molecule has 0 bridgehead atoms. The van der Waals surface area contributed by atoms with E-state index in [1.165, 1.54) is 11.3 Å². The molecule has 0 spiro atoms. The molecule has 8 nitrogen and oxygen atoms in total. The minimum Gasteiger partial charge on any atom is -0.378 e. The van der Waals surface area contributed by atoms with Crippen molar-refractivity contribution in [2.45, 2.75) is 57.4 Å². The van der Waals surface area contributed by atoms with E-state index in [9.17, 15) is 13.2 Å². The van der Waals surface area contributed by atoms with E-state index in [4.69, 9.17) is 0 Å². The molecule has 2 atom stereocenters. The van der Waals surface area contributed by atoms with Crippen molar-refractivity contribution in [1.29, 1.82) is 0 Å². The number of carbonyl (C=O) groups excluding carboxylic acids is 1. The van der Waals surface area contributed by atoms with Crippen LogP contribution < -0.4 is 14.9 Å². The molecule has 3 rings (SSSR count). The van der Waals surface area contributed by atoms with Crippen molar-refractivity contribution in [2.24, 2.45) is 5.92 Å². The first kappa shape index (κ1) is 27.8. The van der Waals surface area contributed by atoms with E-state index in [2.05, 4.69) is 41.0 Å². The highest BCUT2D eigenvalue weighted by molar-refractivity contribution is 7.89. The minimum absolute atomic E-state index is 0.0934. The number of rotatable bonds is 9. The summed E-state index contributed by atoms with van der Waals surface area (Å²) >= 11 is 1.24. The number of aromatic nitrogens is 2. The summed E-state index contributed by atoms with van der Waals surface area (Å²) in [5.74, 6) is -0.704. The monoisotopic (exact) mass is 529 g/mol. The predicted molar refractivity (Wildman–Crippen MR) is 147 cm³/mol. The number of anilines is 2. The highest BCUT2D eigenvalue weighted by atomic mass is 32.2. The van der Waals surface area contributed by atoms with Crippen molar-refractivity contribution in [3.63, 3.8) is 0 Å². The summed E-state index contributed by atoms with van der Waals surface area (Å²) < 4.78 is 28.9. The molecule has 3 aromatic rings. The summed E-state index contributed by atoms with van der Waals surface area (Å²) in [5.41, 5.74) is 2.88. The number of hydrogen-bond donors (Lipinski definition) is 2. The van der Waals surface area contributed by atoms with Gasteiger partial charge in [-0.05, 0) is 53.3 Å². The third kappa shape index (κ3) is 6.68. The van der Waals surface area contributed by atoms with E-state index >= 15 is 0 Å². The topological polar surface area (TPSA) is 104 Å². The van der Waals surface area contributed by atoms with Crippen LogP contribution in [-0.2, 0) is 20.2 Å². The summed E-state index contributed by atoms with van der Waals surface area (Å²) in [4.78, 5) is 15.3. The Bertz CT molecular complexity index is 1280. The van der Waals surface area contributed by atoms with E-state index < -0.39 is 22.0 Å². The van der Waals surface area contributed by atoms with Gasteiger partial charge in [-0.1, -0.05) is 64.5 Å². The summed E-state index contributed by atoms with van der Waals surface area (Å²) in [6, 6.07) is 13.7. The zero-order valence-corrected chi connectivity index (χ0v) is 23.5. The predicted octanol–water partition coefficient (Wildman–Crippen LogP) is 4.90. The van der Waals surface area contributed by atoms with Crippen molar-refractivity contribution < 1.29 is 13.2 Å². The van der Waals surface area contributed by atoms with Crippen LogP contribution in [0.25, 0.3) is 10.6 Å². The van der Waals surface area contributed by atoms with Gasteiger partial charge in [0.15, 0.2) is 0 Å². The summed E-state index contributed by atoms with van der Waals surface area (Å²) in [5, 5.41) is 12.0. The number of sulfonamides is 1. The van der Waals surface area contributed by atoms with Crippen LogP contribution in [0, 0.1) is 5.92 Å². The Morgan fingerprint density at radius 3 is 2.17 bits per heavy atom. The molecule has 0 saturated heterocycles. The SMILES string of the molecule is CC[C@H](C)[C@H](NS(=O)(=O)c1ccc(C(C)(C)C)cc1)C(=O)Nc1nnc(-c2ccc(N(C)C)cc2)s1. The van der Waals surface area contributed by atoms with Crippen LogP contribution in [0.1, 0.15) is 46.6 Å². The van der Waals surface area contributed by atoms with Gasteiger partial charge in [0, 0.05) is 25.3 Å². The van der Waals surface area contributed by atoms with Gasteiger partial charge in [-0.15, -0.1) is 10.2 Å². The Kier molecular flexibility index (Phi) is 8.53. The average molecular weight is 530 g/mol. The third-order valence-electron chi connectivity index (χ3n) is 6.09. The van der Waals surface area contributed by atoms with Crippen LogP contribution in [0.4, 0.5) is 10.8 Å². The fraction of sp³-hybridized carbons (Fsp3) is 0.423. The second-order valence-corrected chi connectivity index (χ2v) is 12.8. The lowest BCUT2D eigenvalue weighted by molar-refractivity contribution is -0.118. The van der Waals surface area contributed by atoms with E-state index in [0.29, 0.717) is 16.6 Å². The molecular weight excluding hydrogens is 494 g/mol. The molecule has 194 valence electrons. The Morgan fingerprint density at radius 1 is 1.03 bits per heavy atom. The van der Waals surface area contributed by atoms with Gasteiger partial charge in [-0.3, -0.25) is 10.1 Å². The van der Waals surface area contributed by atoms with Gasteiger partial charge >= 0.3 is 0 Å². The molecule has 0 aliphatic heterocycles. The molecule has 1 heterocycles. The van der Waals surface area contributed by atoms with Gasteiger partial charge in [0.1, 0.15) is 11.0 Å². The first-order chi connectivity index (χ1) is 16.8. The van der Waals surface area contributed by atoms with Gasteiger partial charge in [0.2, 0.25) is 21.1 Å². The fourth-order valence-electron chi connectivity index (χ4n) is 3.51. The maximum atomic E-state index is 13.2. The zero-order chi connectivity index (χ0) is 26.7. The van der Waals surface area contributed by atoms with Crippen LogP contribution in [-0.4, -0.2) is 44.7 Å². The molecule has 1 aromatic heterocycles. The number of nitrogens with one attached hydrogen (secondary N) is 2. The van der Waals surface area contributed by atoms with Crippen LogP contribution in [0.15, 0.2) is 53.4 Å². The third-order valence-corrected chi connectivity index (χ3v) is 8.44. The molecule has 2 aromatic carbocycles. The molecular formula is C26H35N5O3S2. The maximum Gasteiger partial charge on any atom is 0.244 e. The molecule has 2 N–H and O–H groups in total. The van der Waals surface area contributed by atoms with Gasteiger partial charge in [0.05, 0.1) is 4.90 Å². The molecule has 0 aliphatic rings. The Balaban J connectivity index is 1.76. The molecule has 0 radical (unpaired) electrons. The molecule has 0 aliphatic carbocycles. The van der Waals surface area contributed by atoms with E-state index in [1.807, 2.05) is 57.1 Å². The van der Waals surface area contributed by atoms with Gasteiger partial charge in [0.25, 0.3) is 0 Å². The quantitative estimate of drug-likeness (QED) is 0.409. The fourth-order valence-corrected chi connectivity index (χ4v) is 5.56. The molecule has 10 heteroatoms.